The molecular weight excluding hydrogens is 423 g/mol. The first-order valence-corrected chi connectivity index (χ1v) is 12.2. The average Bonchev–Trinajstić information content (AvgIpc) is 2.78. The monoisotopic (exact) mass is 459 g/mol. The molecule has 2 aromatic carbocycles. The fourth-order valence-electron chi connectivity index (χ4n) is 5.84. The molecule has 4 rings (SSSR count). The first kappa shape index (κ1) is 24.3. The molecule has 5 heteroatoms. The maximum atomic E-state index is 13.4. The number of likely N-dealkylation sites (tertiary alicyclic amines) is 1. The average molecular weight is 460 g/mol. The van der Waals surface area contributed by atoms with Gasteiger partial charge < -0.3 is 9.64 Å². The van der Waals surface area contributed by atoms with Gasteiger partial charge in [0.15, 0.2) is 0 Å². The van der Waals surface area contributed by atoms with E-state index in [9.17, 15) is 13.2 Å². The van der Waals surface area contributed by atoms with Crippen molar-refractivity contribution in [3.05, 3.63) is 71.3 Å². The predicted molar refractivity (Wildman–Crippen MR) is 126 cm³/mol. The molecule has 1 atom stereocenters. The second kappa shape index (κ2) is 9.79. The number of nitrogens with zero attached hydrogens (tertiary/aromatic N) is 1. The van der Waals surface area contributed by atoms with E-state index in [2.05, 4.69) is 49.1 Å². The molecule has 0 aliphatic carbocycles. The van der Waals surface area contributed by atoms with E-state index >= 15 is 0 Å². The molecule has 0 aromatic heterocycles. The molecule has 0 unspecified atom stereocenters. The summed E-state index contributed by atoms with van der Waals surface area (Å²) in [5.74, 6) is 0.711. The summed E-state index contributed by atoms with van der Waals surface area (Å²) in [6.45, 7) is 7.76. The first-order chi connectivity index (χ1) is 15.7. The molecule has 2 aromatic rings. The van der Waals surface area contributed by atoms with Crippen LogP contribution in [0.15, 0.2) is 54.6 Å². The van der Waals surface area contributed by atoms with E-state index in [1.807, 2.05) is 6.07 Å². The Morgan fingerprint density at radius 1 is 1.00 bits per heavy atom. The minimum Gasteiger partial charge on any atom is -0.376 e. The summed E-state index contributed by atoms with van der Waals surface area (Å²) in [7, 11) is 0. The highest BCUT2D eigenvalue weighted by Crippen LogP contribution is 2.45. The normalized spacial score (nSPS) is 24.6. The van der Waals surface area contributed by atoms with Crippen molar-refractivity contribution in [1.82, 2.24) is 4.90 Å². The van der Waals surface area contributed by atoms with Gasteiger partial charge in [-0.2, -0.15) is 13.2 Å². The highest BCUT2D eigenvalue weighted by molar-refractivity contribution is 5.33. The van der Waals surface area contributed by atoms with Crippen molar-refractivity contribution in [2.75, 3.05) is 26.2 Å². The molecular formula is C28H36F3NO. The summed E-state index contributed by atoms with van der Waals surface area (Å²) in [6.07, 6.45) is 1.55. The lowest BCUT2D eigenvalue weighted by Gasteiger charge is -2.46. The topological polar surface area (TPSA) is 12.5 Å². The molecule has 2 aliphatic heterocycles. The van der Waals surface area contributed by atoms with Gasteiger partial charge in [0, 0.05) is 12.0 Å². The lowest BCUT2D eigenvalue weighted by molar-refractivity contribution is -0.137. The Bertz CT molecular complexity index is 903. The van der Waals surface area contributed by atoms with Gasteiger partial charge in [-0.1, -0.05) is 48.5 Å². The van der Waals surface area contributed by atoms with Crippen molar-refractivity contribution < 1.29 is 17.9 Å². The van der Waals surface area contributed by atoms with E-state index in [1.165, 1.54) is 30.5 Å². The van der Waals surface area contributed by atoms with E-state index in [0.717, 1.165) is 50.9 Å². The Balaban J connectivity index is 1.43. The molecule has 180 valence electrons. The zero-order valence-electron chi connectivity index (χ0n) is 19.8. The number of hydrogen-bond acceptors (Lipinski definition) is 2. The Kier molecular flexibility index (Phi) is 7.20. The predicted octanol–water partition coefficient (Wildman–Crippen LogP) is 6.88. The molecule has 2 saturated heterocycles. The second-order valence-corrected chi connectivity index (χ2v) is 10.6. The van der Waals surface area contributed by atoms with Gasteiger partial charge in [-0.15, -0.1) is 0 Å². The van der Waals surface area contributed by atoms with Crippen LogP contribution in [0.25, 0.3) is 0 Å². The summed E-state index contributed by atoms with van der Waals surface area (Å²) in [4.78, 5) is 2.51. The molecule has 33 heavy (non-hydrogen) atoms. The molecule has 0 spiro atoms. The van der Waals surface area contributed by atoms with Crippen LogP contribution in [0.3, 0.4) is 0 Å². The van der Waals surface area contributed by atoms with Crippen LogP contribution >= 0.6 is 0 Å². The lowest BCUT2D eigenvalue weighted by Crippen LogP contribution is -2.46. The summed E-state index contributed by atoms with van der Waals surface area (Å²) < 4.78 is 46.3. The Labute approximate surface area is 196 Å². The van der Waals surface area contributed by atoms with Gasteiger partial charge in [-0.05, 0) is 95.1 Å². The van der Waals surface area contributed by atoms with Crippen molar-refractivity contribution in [1.29, 1.82) is 0 Å². The molecule has 0 bridgehead atoms. The van der Waals surface area contributed by atoms with Gasteiger partial charge in [-0.3, -0.25) is 0 Å². The zero-order chi connectivity index (χ0) is 23.5. The van der Waals surface area contributed by atoms with Gasteiger partial charge >= 0.3 is 6.18 Å². The van der Waals surface area contributed by atoms with E-state index < -0.39 is 11.7 Å². The molecule has 0 N–H and O–H groups in total. The van der Waals surface area contributed by atoms with Crippen LogP contribution in [-0.2, 0) is 22.7 Å². The number of benzene rings is 2. The minimum absolute atomic E-state index is 0.288. The highest BCUT2D eigenvalue weighted by atomic mass is 19.4. The molecule has 0 radical (unpaired) electrons. The molecule has 2 nitrogen and oxygen atoms in total. The standard InChI is InChI=1S/C28H36F3NO/c1-26(2)21-27(14-18-33-26,24-9-6-10-25(20-24)28(29,30)31)13-17-32-15-11-23(12-16-32)19-22-7-4-3-5-8-22/h3-10,20,23H,11-19,21H2,1-2H3/t27-/m0/s1. The van der Waals surface area contributed by atoms with Crippen molar-refractivity contribution in [2.45, 2.75) is 69.6 Å². The number of ether oxygens (including phenoxy) is 1. The third kappa shape index (κ3) is 6.19. The molecule has 2 aliphatic rings. The number of hydrogen-bond donors (Lipinski definition) is 0. The van der Waals surface area contributed by atoms with Gasteiger partial charge in [-0.25, -0.2) is 0 Å². The summed E-state index contributed by atoms with van der Waals surface area (Å²) in [6, 6.07) is 16.7. The van der Waals surface area contributed by atoms with Crippen LogP contribution in [-0.4, -0.2) is 36.7 Å². The summed E-state index contributed by atoms with van der Waals surface area (Å²) >= 11 is 0. The van der Waals surface area contributed by atoms with Gasteiger partial charge in [0.25, 0.3) is 0 Å². The minimum atomic E-state index is -4.32. The fraction of sp³-hybridized carbons (Fsp3) is 0.571. The third-order valence-electron chi connectivity index (χ3n) is 7.62. The van der Waals surface area contributed by atoms with Gasteiger partial charge in [0.1, 0.15) is 0 Å². The second-order valence-electron chi connectivity index (χ2n) is 10.6. The lowest BCUT2D eigenvalue weighted by atomic mass is 9.67. The summed E-state index contributed by atoms with van der Waals surface area (Å²) in [5, 5.41) is 0. The van der Waals surface area contributed by atoms with Crippen LogP contribution in [0.1, 0.15) is 62.6 Å². The van der Waals surface area contributed by atoms with E-state index in [0.29, 0.717) is 12.5 Å². The van der Waals surface area contributed by atoms with Crippen molar-refractivity contribution in [3.8, 4) is 0 Å². The number of alkyl halides is 3. The largest absolute Gasteiger partial charge is 0.416 e. The van der Waals surface area contributed by atoms with E-state index in [4.69, 9.17) is 4.74 Å². The smallest absolute Gasteiger partial charge is 0.376 e. The first-order valence-electron chi connectivity index (χ1n) is 12.2. The number of rotatable bonds is 6. The molecule has 0 amide bonds. The Morgan fingerprint density at radius 2 is 1.73 bits per heavy atom. The van der Waals surface area contributed by atoms with E-state index in [-0.39, 0.29) is 11.0 Å². The maximum absolute atomic E-state index is 13.4. The quantitative estimate of drug-likeness (QED) is 0.467. The van der Waals surface area contributed by atoms with Crippen LogP contribution < -0.4 is 0 Å². The fourth-order valence-corrected chi connectivity index (χ4v) is 5.84. The van der Waals surface area contributed by atoms with Crippen LogP contribution in [0.2, 0.25) is 0 Å². The number of halogens is 3. The van der Waals surface area contributed by atoms with Crippen LogP contribution in [0.5, 0.6) is 0 Å². The van der Waals surface area contributed by atoms with Crippen LogP contribution in [0.4, 0.5) is 13.2 Å². The maximum Gasteiger partial charge on any atom is 0.416 e. The van der Waals surface area contributed by atoms with Gasteiger partial charge in [0.2, 0.25) is 0 Å². The Morgan fingerprint density at radius 3 is 2.39 bits per heavy atom. The Hall–Kier alpha value is -1.85. The van der Waals surface area contributed by atoms with E-state index in [1.54, 1.807) is 6.07 Å². The SMILES string of the molecule is CC1(C)C[C@@](CCN2CCC(Cc3ccccc3)CC2)(c2cccc(C(F)(F)F)c2)CCO1. The van der Waals surface area contributed by atoms with Crippen molar-refractivity contribution in [2.24, 2.45) is 5.92 Å². The summed E-state index contributed by atoms with van der Waals surface area (Å²) in [5.41, 5.74) is 1.04. The van der Waals surface area contributed by atoms with Gasteiger partial charge in [0.05, 0.1) is 11.2 Å². The van der Waals surface area contributed by atoms with Crippen molar-refractivity contribution in [3.63, 3.8) is 0 Å². The van der Waals surface area contributed by atoms with Crippen LogP contribution in [0, 0.1) is 5.92 Å². The van der Waals surface area contributed by atoms with Crippen molar-refractivity contribution >= 4 is 0 Å². The number of piperidine rings is 1. The molecule has 2 heterocycles. The zero-order valence-corrected chi connectivity index (χ0v) is 19.8. The molecule has 2 fully saturated rings. The molecule has 0 saturated carbocycles. The third-order valence-corrected chi connectivity index (χ3v) is 7.62. The highest BCUT2D eigenvalue weighted by Gasteiger charge is 2.43.